The molecule has 1 atom stereocenters. The minimum atomic E-state index is -4.31. The van der Waals surface area contributed by atoms with Gasteiger partial charge in [-0.25, -0.2) is 0 Å². The van der Waals surface area contributed by atoms with Crippen LogP contribution in [-0.2, 0) is 0 Å². The van der Waals surface area contributed by atoms with Crippen LogP contribution in [0.15, 0.2) is 16.5 Å². The minimum Gasteiger partial charge on any atom is -0.449 e. The van der Waals surface area contributed by atoms with Crippen molar-refractivity contribution in [3.05, 3.63) is 23.1 Å². The summed E-state index contributed by atoms with van der Waals surface area (Å²) in [4.78, 5) is 0. The Balaban J connectivity index is 2.81. The van der Waals surface area contributed by atoms with Crippen molar-refractivity contribution < 1.29 is 17.6 Å². The minimum absolute atomic E-state index is 0.0243. The van der Waals surface area contributed by atoms with Crippen LogP contribution in [-0.4, -0.2) is 19.8 Å². The molecule has 15 heavy (non-hydrogen) atoms. The van der Waals surface area contributed by atoms with E-state index in [-0.39, 0.29) is 23.9 Å². The van der Waals surface area contributed by atoms with E-state index in [4.69, 9.17) is 16.0 Å². The number of nitrogens with one attached hydrogen (secondary N) is 1. The van der Waals surface area contributed by atoms with E-state index in [9.17, 15) is 13.2 Å². The first kappa shape index (κ1) is 12.4. The van der Waals surface area contributed by atoms with E-state index in [1.165, 1.54) is 12.1 Å². The highest BCUT2D eigenvalue weighted by molar-refractivity contribution is 6.28. The first-order valence-corrected chi connectivity index (χ1v) is 4.79. The monoisotopic (exact) mass is 241 g/mol. The van der Waals surface area contributed by atoms with Gasteiger partial charge in [-0.3, -0.25) is 0 Å². The fourth-order valence-corrected chi connectivity index (χ4v) is 1.42. The molecule has 2 nitrogen and oxygen atoms in total. The van der Waals surface area contributed by atoms with Crippen LogP contribution >= 0.6 is 11.6 Å². The largest absolute Gasteiger partial charge is 0.449 e. The van der Waals surface area contributed by atoms with E-state index in [1.54, 1.807) is 7.05 Å². The Hall–Kier alpha value is -0.680. The van der Waals surface area contributed by atoms with Crippen LogP contribution in [0, 0.1) is 0 Å². The third kappa shape index (κ3) is 3.43. The lowest BCUT2D eigenvalue weighted by Crippen LogP contribution is -2.24. The van der Waals surface area contributed by atoms with E-state index in [0.29, 0.717) is 0 Å². The van der Waals surface area contributed by atoms with Gasteiger partial charge in [0.15, 0.2) is 5.22 Å². The molecule has 1 N–H and O–H groups in total. The molecule has 0 saturated heterocycles. The van der Waals surface area contributed by atoms with Crippen molar-refractivity contribution in [2.24, 2.45) is 0 Å². The molecule has 0 aliphatic carbocycles. The van der Waals surface area contributed by atoms with Crippen molar-refractivity contribution in [1.82, 2.24) is 5.32 Å². The molecule has 0 radical (unpaired) electrons. The van der Waals surface area contributed by atoms with Crippen molar-refractivity contribution in [3.63, 3.8) is 0 Å². The Morgan fingerprint density at radius 1 is 1.47 bits per heavy atom. The lowest BCUT2D eigenvalue weighted by molar-refractivity contribution is -0.155. The molecule has 0 aromatic carbocycles. The highest BCUT2D eigenvalue weighted by Crippen LogP contribution is 2.38. The average Bonchev–Trinajstić information content (AvgIpc) is 2.50. The molecule has 0 aliphatic rings. The number of hydrogen-bond donors (Lipinski definition) is 1. The van der Waals surface area contributed by atoms with E-state index in [2.05, 4.69) is 5.32 Å². The molecule has 1 aromatic rings. The Kier molecular flexibility index (Phi) is 4.04. The van der Waals surface area contributed by atoms with Crippen molar-refractivity contribution in [1.29, 1.82) is 0 Å². The zero-order valence-electron chi connectivity index (χ0n) is 8.07. The van der Waals surface area contributed by atoms with Crippen LogP contribution < -0.4 is 5.32 Å². The fourth-order valence-electron chi connectivity index (χ4n) is 1.27. The summed E-state index contributed by atoms with van der Waals surface area (Å²) in [6.45, 7) is 0.266. The fraction of sp³-hybridized carbons (Fsp3) is 0.556. The zero-order valence-corrected chi connectivity index (χ0v) is 8.82. The second kappa shape index (κ2) is 4.90. The molecule has 1 heterocycles. The van der Waals surface area contributed by atoms with Gasteiger partial charge in [0.2, 0.25) is 0 Å². The lowest BCUT2D eigenvalue weighted by Gasteiger charge is -2.17. The van der Waals surface area contributed by atoms with E-state index in [0.717, 1.165) is 0 Å². The molecular weight excluding hydrogens is 231 g/mol. The van der Waals surface area contributed by atoms with Gasteiger partial charge in [-0.15, -0.1) is 0 Å². The molecule has 86 valence electrons. The Labute approximate surface area is 90.4 Å². The second-order valence-corrected chi connectivity index (χ2v) is 3.50. The third-order valence-corrected chi connectivity index (χ3v) is 2.22. The summed E-state index contributed by atoms with van der Waals surface area (Å²) >= 11 is 5.44. The van der Waals surface area contributed by atoms with Gasteiger partial charge in [-0.05, 0) is 43.7 Å². The van der Waals surface area contributed by atoms with E-state index >= 15 is 0 Å². The summed E-state index contributed by atoms with van der Waals surface area (Å²) in [6.07, 6.45) is -4.37. The van der Waals surface area contributed by atoms with Gasteiger partial charge in [-0.2, -0.15) is 13.2 Å². The first-order chi connectivity index (χ1) is 6.95. The first-order valence-electron chi connectivity index (χ1n) is 4.41. The van der Waals surface area contributed by atoms with Crippen molar-refractivity contribution in [2.45, 2.75) is 18.5 Å². The second-order valence-electron chi connectivity index (χ2n) is 3.13. The van der Waals surface area contributed by atoms with Crippen molar-refractivity contribution in [2.75, 3.05) is 13.6 Å². The number of furan rings is 1. The lowest BCUT2D eigenvalue weighted by atomic mass is 10.0. The van der Waals surface area contributed by atoms with Crippen LogP contribution in [0.1, 0.15) is 18.1 Å². The highest BCUT2D eigenvalue weighted by atomic mass is 35.5. The molecule has 0 amide bonds. The van der Waals surface area contributed by atoms with Crippen LogP contribution in [0.5, 0.6) is 0 Å². The number of rotatable bonds is 4. The smallest absolute Gasteiger partial charge is 0.398 e. The zero-order chi connectivity index (χ0) is 11.5. The molecule has 0 aliphatic heterocycles. The molecule has 0 bridgehead atoms. The standard InChI is InChI=1S/C9H11ClF3NO/c1-14-5-4-6(9(11,12)13)7-2-3-8(10)15-7/h2-3,6,14H,4-5H2,1H3. The molecule has 1 unspecified atom stereocenters. The van der Waals surface area contributed by atoms with Crippen molar-refractivity contribution in [3.8, 4) is 0 Å². The molecule has 1 aromatic heterocycles. The average molecular weight is 242 g/mol. The van der Waals surface area contributed by atoms with Gasteiger partial charge < -0.3 is 9.73 Å². The quantitative estimate of drug-likeness (QED) is 0.876. The van der Waals surface area contributed by atoms with Crippen LogP contribution in [0.25, 0.3) is 0 Å². The van der Waals surface area contributed by atoms with Crippen LogP contribution in [0.4, 0.5) is 13.2 Å². The SMILES string of the molecule is CNCCC(c1ccc(Cl)o1)C(F)(F)F. The Morgan fingerprint density at radius 3 is 2.53 bits per heavy atom. The predicted molar refractivity (Wildman–Crippen MR) is 51.1 cm³/mol. The number of alkyl halides is 3. The van der Waals surface area contributed by atoms with Crippen LogP contribution in [0.2, 0.25) is 5.22 Å². The predicted octanol–water partition coefficient (Wildman–Crippen LogP) is 3.19. The molecule has 6 heteroatoms. The Bertz CT molecular complexity index is 311. The van der Waals surface area contributed by atoms with Gasteiger partial charge >= 0.3 is 6.18 Å². The summed E-state index contributed by atoms with van der Waals surface area (Å²) in [7, 11) is 1.60. The molecule has 0 spiro atoms. The summed E-state index contributed by atoms with van der Waals surface area (Å²) in [5.74, 6) is -1.74. The van der Waals surface area contributed by atoms with Gasteiger partial charge in [-0.1, -0.05) is 0 Å². The van der Waals surface area contributed by atoms with Gasteiger partial charge in [0.25, 0.3) is 0 Å². The third-order valence-electron chi connectivity index (χ3n) is 2.02. The van der Waals surface area contributed by atoms with Gasteiger partial charge in [0, 0.05) is 0 Å². The maximum atomic E-state index is 12.6. The van der Waals surface area contributed by atoms with Crippen LogP contribution in [0.3, 0.4) is 0 Å². The maximum Gasteiger partial charge on any atom is 0.398 e. The number of hydrogen-bond acceptors (Lipinski definition) is 2. The van der Waals surface area contributed by atoms with E-state index < -0.39 is 12.1 Å². The van der Waals surface area contributed by atoms with Gasteiger partial charge in [0.05, 0.1) is 0 Å². The Morgan fingerprint density at radius 2 is 2.13 bits per heavy atom. The normalized spacial score (nSPS) is 14.2. The molecule has 1 rings (SSSR count). The molecule has 0 saturated carbocycles. The van der Waals surface area contributed by atoms with Crippen molar-refractivity contribution >= 4 is 11.6 Å². The summed E-state index contributed by atoms with van der Waals surface area (Å²) < 4.78 is 42.6. The highest BCUT2D eigenvalue weighted by Gasteiger charge is 2.42. The topological polar surface area (TPSA) is 25.2 Å². The summed E-state index contributed by atoms with van der Waals surface area (Å²) in [5, 5.41) is 2.65. The van der Waals surface area contributed by atoms with E-state index in [1.807, 2.05) is 0 Å². The van der Waals surface area contributed by atoms with Gasteiger partial charge in [0.1, 0.15) is 11.7 Å². The maximum absolute atomic E-state index is 12.6. The number of halogens is 4. The molecular formula is C9H11ClF3NO. The summed E-state index contributed by atoms with van der Waals surface area (Å²) in [5.41, 5.74) is 0. The molecule has 0 fully saturated rings. The summed E-state index contributed by atoms with van der Waals surface area (Å²) in [6, 6.07) is 2.57.